The maximum atomic E-state index is 6.18. The third-order valence-corrected chi connectivity index (χ3v) is 5.09. The van der Waals surface area contributed by atoms with Crippen LogP contribution in [0.5, 0.6) is 11.5 Å². The van der Waals surface area contributed by atoms with E-state index in [1.165, 1.54) is 5.56 Å². The molecule has 1 aliphatic heterocycles. The lowest BCUT2D eigenvalue weighted by molar-refractivity contribution is 0.414. The van der Waals surface area contributed by atoms with Crippen LogP contribution in [0.2, 0.25) is 5.02 Å². The second-order valence-electron chi connectivity index (χ2n) is 6.67. The van der Waals surface area contributed by atoms with Crippen LogP contribution in [0.1, 0.15) is 12.0 Å². The molecule has 0 spiro atoms. The van der Waals surface area contributed by atoms with Crippen molar-refractivity contribution in [2.75, 3.05) is 39.3 Å². The molecule has 3 rings (SSSR count). The minimum absolute atomic E-state index is 0.297. The van der Waals surface area contributed by atoms with Gasteiger partial charge in [-0.25, -0.2) is 0 Å². The second kappa shape index (κ2) is 9.55. The Bertz CT molecular complexity index is 811. The van der Waals surface area contributed by atoms with Crippen molar-refractivity contribution in [1.29, 1.82) is 0 Å². The van der Waals surface area contributed by atoms with Crippen molar-refractivity contribution in [3.05, 3.63) is 53.1 Å². The molecule has 6 nitrogen and oxygen atoms in total. The lowest BCUT2D eigenvalue weighted by atomic mass is 10.2. The van der Waals surface area contributed by atoms with Crippen LogP contribution < -0.4 is 25.0 Å². The minimum atomic E-state index is 0.297. The highest BCUT2D eigenvalue weighted by Crippen LogP contribution is 2.33. The zero-order chi connectivity index (χ0) is 19.9. The zero-order valence-electron chi connectivity index (χ0n) is 16.5. The van der Waals surface area contributed by atoms with Crippen LogP contribution in [0.3, 0.4) is 0 Å². The van der Waals surface area contributed by atoms with E-state index in [9.17, 15) is 0 Å². The lowest BCUT2D eigenvalue weighted by Gasteiger charge is -2.22. The second-order valence-corrected chi connectivity index (χ2v) is 7.10. The van der Waals surface area contributed by atoms with Crippen LogP contribution in [-0.2, 0) is 6.54 Å². The van der Waals surface area contributed by atoms with Crippen LogP contribution in [0, 0.1) is 0 Å². The van der Waals surface area contributed by atoms with Gasteiger partial charge in [0, 0.05) is 37.7 Å². The molecule has 0 aliphatic carbocycles. The Labute approximate surface area is 171 Å². The summed E-state index contributed by atoms with van der Waals surface area (Å²) < 4.78 is 10.7. The summed E-state index contributed by atoms with van der Waals surface area (Å²) in [5.74, 6) is 2.49. The Balaban J connectivity index is 1.55. The summed E-state index contributed by atoms with van der Waals surface area (Å²) in [6.07, 6.45) is 1.01. The summed E-state index contributed by atoms with van der Waals surface area (Å²) in [5.41, 5.74) is 2.20. The Morgan fingerprint density at radius 3 is 2.64 bits per heavy atom. The van der Waals surface area contributed by atoms with E-state index in [1.54, 1.807) is 21.3 Å². The van der Waals surface area contributed by atoms with Crippen LogP contribution in [0.15, 0.2) is 47.5 Å². The third kappa shape index (κ3) is 5.01. The van der Waals surface area contributed by atoms with Gasteiger partial charge in [0.2, 0.25) is 0 Å². The van der Waals surface area contributed by atoms with Crippen LogP contribution in [-0.4, -0.2) is 46.4 Å². The van der Waals surface area contributed by atoms with Crippen LogP contribution >= 0.6 is 11.6 Å². The van der Waals surface area contributed by atoms with Gasteiger partial charge in [0.15, 0.2) is 5.96 Å². The molecular weight excluding hydrogens is 376 g/mol. The summed E-state index contributed by atoms with van der Waals surface area (Å²) in [7, 11) is 5.14. The van der Waals surface area contributed by atoms with Gasteiger partial charge in [-0.2, -0.15) is 0 Å². The van der Waals surface area contributed by atoms with Gasteiger partial charge < -0.3 is 25.0 Å². The van der Waals surface area contributed by atoms with Crippen molar-refractivity contribution in [1.82, 2.24) is 10.6 Å². The van der Waals surface area contributed by atoms with Crippen molar-refractivity contribution in [2.24, 2.45) is 4.99 Å². The fraction of sp³-hybridized carbons (Fsp3) is 0.381. The molecule has 1 heterocycles. The molecule has 1 aliphatic rings. The van der Waals surface area contributed by atoms with Crippen LogP contribution in [0.4, 0.5) is 5.69 Å². The molecule has 1 fully saturated rings. The molecule has 1 atom stereocenters. The average Bonchev–Trinajstić information content (AvgIpc) is 3.19. The molecule has 1 unspecified atom stereocenters. The molecule has 1 saturated heterocycles. The number of benzene rings is 2. The maximum absolute atomic E-state index is 6.18. The third-order valence-electron chi connectivity index (χ3n) is 4.85. The molecule has 0 saturated carbocycles. The smallest absolute Gasteiger partial charge is 0.191 e. The molecule has 7 heteroatoms. The number of rotatable bonds is 6. The summed E-state index contributed by atoms with van der Waals surface area (Å²) in [5, 5.41) is 7.59. The minimum Gasteiger partial charge on any atom is -0.497 e. The van der Waals surface area contributed by atoms with Gasteiger partial charge in [-0.3, -0.25) is 4.99 Å². The molecular formula is C21H27ClN4O2. The van der Waals surface area contributed by atoms with E-state index in [1.807, 2.05) is 42.5 Å². The van der Waals surface area contributed by atoms with Crippen molar-refractivity contribution in [3.63, 3.8) is 0 Å². The van der Waals surface area contributed by atoms with Gasteiger partial charge >= 0.3 is 0 Å². The number of methoxy groups -OCH3 is 2. The molecule has 0 bridgehead atoms. The number of hydrogen-bond acceptors (Lipinski definition) is 4. The molecule has 2 N–H and O–H groups in total. The van der Waals surface area contributed by atoms with E-state index < -0.39 is 0 Å². The fourth-order valence-electron chi connectivity index (χ4n) is 3.32. The van der Waals surface area contributed by atoms with Gasteiger partial charge in [0.25, 0.3) is 0 Å². The SMILES string of the molecule is CN=C(NCc1ccc(OC)cc1)NC1CCN(c2cc(Cl)ccc2OC)C1. The number of guanidine groups is 1. The monoisotopic (exact) mass is 402 g/mol. The first-order valence-corrected chi connectivity index (χ1v) is 9.69. The molecule has 0 aromatic heterocycles. The van der Waals surface area contributed by atoms with Gasteiger partial charge in [-0.15, -0.1) is 0 Å². The molecule has 0 radical (unpaired) electrons. The Kier molecular flexibility index (Phi) is 6.87. The number of ether oxygens (including phenoxy) is 2. The number of nitrogens with one attached hydrogen (secondary N) is 2. The van der Waals surface area contributed by atoms with E-state index in [2.05, 4.69) is 20.5 Å². The lowest BCUT2D eigenvalue weighted by Crippen LogP contribution is -2.44. The molecule has 0 amide bonds. The highest BCUT2D eigenvalue weighted by molar-refractivity contribution is 6.30. The zero-order valence-corrected chi connectivity index (χ0v) is 17.3. The first-order chi connectivity index (χ1) is 13.6. The molecule has 2 aromatic rings. The first kappa shape index (κ1) is 20.1. The quantitative estimate of drug-likeness (QED) is 0.573. The first-order valence-electron chi connectivity index (χ1n) is 9.31. The van der Waals surface area contributed by atoms with Crippen molar-refractivity contribution in [2.45, 2.75) is 19.0 Å². The standard InChI is InChI=1S/C21H27ClN4O2/c1-23-21(24-13-15-4-7-18(27-2)8-5-15)25-17-10-11-26(14-17)19-12-16(22)6-9-20(19)28-3/h4-9,12,17H,10-11,13-14H2,1-3H3,(H2,23,24,25). The summed E-state index contributed by atoms with van der Waals surface area (Å²) >= 11 is 6.18. The summed E-state index contributed by atoms with van der Waals surface area (Å²) in [4.78, 5) is 6.64. The predicted molar refractivity (Wildman–Crippen MR) is 115 cm³/mol. The van der Waals surface area contributed by atoms with Gasteiger partial charge in [0.1, 0.15) is 11.5 Å². The Morgan fingerprint density at radius 2 is 1.96 bits per heavy atom. The van der Waals surface area contributed by atoms with E-state index in [-0.39, 0.29) is 0 Å². The van der Waals surface area contributed by atoms with Gasteiger partial charge in [0.05, 0.1) is 19.9 Å². The topological polar surface area (TPSA) is 58.1 Å². The molecule has 150 valence electrons. The highest BCUT2D eigenvalue weighted by Gasteiger charge is 2.25. The van der Waals surface area contributed by atoms with Crippen molar-refractivity contribution in [3.8, 4) is 11.5 Å². The van der Waals surface area contributed by atoms with Crippen molar-refractivity contribution >= 4 is 23.2 Å². The maximum Gasteiger partial charge on any atom is 0.191 e. The van der Waals surface area contributed by atoms with Crippen LogP contribution in [0.25, 0.3) is 0 Å². The largest absolute Gasteiger partial charge is 0.497 e. The molecule has 28 heavy (non-hydrogen) atoms. The molecule has 2 aromatic carbocycles. The number of halogens is 1. The number of hydrogen-bond donors (Lipinski definition) is 2. The fourth-order valence-corrected chi connectivity index (χ4v) is 3.49. The van der Waals surface area contributed by atoms with Gasteiger partial charge in [-0.05, 0) is 42.3 Å². The van der Waals surface area contributed by atoms with Gasteiger partial charge in [-0.1, -0.05) is 23.7 Å². The summed E-state index contributed by atoms with van der Waals surface area (Å²) in [6, 6.07) is 14.0. The Morgan fingerprint density at radius 1 is 1.18 bits per heavy atom. The van der Waals surface area contributed by atoms with E-state index in [0.717, 1.165) is 42.7 Å². The van der Waals surface area contributed by atoms with E-state index in [0.29, 0.717) is 17.6 Å². The Hall–Kier alpha value is -2.60. The number of nitrogens with zero attached hydrogens (tertiary/aromatic N) is 2. The number of aliphatic imine (C=N–C) groups is 1. The van der Waals surface area contributed by atoms with E-state index >= 15 is 0 Å². The summed E-state index contributed by atoms with van der Waals surface area (Å²) in [6.45, 7) is 2.49. The van der Waals surface area contributed by atoms with Crippen molar-refractivity contribution < 1.29 is 9.47 Å². The van der Waals surface area contributed by atoms with E-state index in [4.69, 9.17) is 21.1 Å². The normalized spacial score (nSPS) is 16.8. The number of anilines is 1. The highest BCUT2D eigenvalue weighted by atomic mass is 35.5. The average molecular weight is 403 g/mol. The predicted octanol–water partition coefficient (Wildman–Crippen LogP) is 3.30.